The van der Waals surface area contributed by atoms with Crippen LogP contribution in [-0.4, -0.2) is 15.9 Å². The molecule has 0 aliphatic heterocycles. The van der Waals surface area contributed by atoms with Crippen LogP contribution in [0, 0.1) is 0 Å². The highest BCUT2D eigenvalue weighted by atomic mass is 16.1. The predicted octanol–water partition coefficient (Wildman–Crippen LogP) is 4.47. The van der Waals surface area contributed by atoms with Crippen molar-refractivity contribution < 1.29 is 4.79 Å². The second-order valence-electron chi connectivity index (χ2n) is 6.22. The lowest BCUT2D eigenvalue weighted by atomic mass is 10.0. The van der Waals surface area contributed by atoms with Gasteiger partial charge in [-0.25, -0.2) is 4.98 Å². The van der Waals surface area contributed by atoms with Crippen molar-refractivity contribution in [3.63, 3.8) is 0 Å². The number of anilines is 2. The first-order chi connectivity index (χ1) is 13.2. The number of amides is 1. The molecule has 0 aliphatic carbocycles. The van der Waals surface area contributed by atoms with Gasteiger partial charge in [-0.3, -0.25) is 9.78 Å². The number of benzene rings is 1. The van der Waals surface area contributed by atoms with Crippen molar-refractivity contribution in [3.8, 4) is 0 Å². The van der Waals surface area contributed by atoms with Gasteiger partial charge in [0.05, 0.1) is 24.1 Å². The number of carbonyl (C=O) groups excluding carboxylic acids is 1. The lowest BCUT2D eigenvalue weighted by Crippen LogP contribution is -2.16. The van der Waals surface area contributed by atoms with E-state index in [1.54, 1.807) is 18.5 Å². The zero-order chi connectivity index (χ0) is 19.1. The molecule has 0 spiro atoms. The summed E-state index contributed by atoms with van der Waals surface area (Å²) in [4.78, 5) is 21.2. The van der Waals surface area contributed by atoms with Gasteiger partial charge in [-0.2, -0.15) is 0 Å². The van der Waals surface area contributed by atoms with Crippen LogP contribution in [0.2, 0.25) is 0 Å². The van der Waals surface area contributed by atoms with E-state index in [4.69, 9.17) is 0 Å². The molecule has 27 heavy (non-hydrogen) atoms. The minimum Gasteiger partial charge on any atom is -0.378 e. The normalized spacial score (nSPS) is 10.4. The molecule has 3 rings (SSSR count). The maximum atomic E-state index is 12.6. The molecule has 5 nitrogen and oxygen atoms in total. The smallest absolute Gasteiger partial charge is 0.274 e. The fraction of sp³-hybridized carbons (Fsp3) is 0.227. The number of aryl methyl sites for hydroxylation is 2. The summed E-state index contributed by atoms with van der Waals surface area (Å²) in [5.74, 6) is -0.193. The van der Waals surface area contributed by atoms with Crippen LogP contribution in [0.4, 0.5) is 11.4 Å². The number of carbonyl (C=O) groups is 1. The zero-order valence-corrected chi connectivity index (χ0v) is 15.7. The molecule has 138 valence electrons. The maximum Gasteiger partial charge on any atom is 0.274 e. The molecular weight excluding hydrogens is 336 g/mol. The van der Waals surface area contributed by atoms with Crippen molar-refractivity contribution in [2.24, 2.45) is 0 Å². The number of nitrogens with zero attached hydrogens (tertiary/aromatic N) is 2. The highest BCUT2D eigenvalue weighted by Gasteiger charge is 2.12. The van der Waals surface area contributed by atoms with Gasteiger partial charge in [0.1, 0.15) is 5.69 Å². The Labute approximate surface area is 159 Å². The van der Waals surface area contributed by atoms with E-state index in [1.807, 2.05) is 42.5 Å². The average molecular weight is 360 g/mol. The Hall–Kier alpha value is -3.21. The fourth-order valence-corrected chi connectivity index (χ4v) is 2.91. The van der Waals surface area contributed by atoms with E-state index in [1.165, 1.54) is 0 Å². The first-order valence-corrected chi connectivity index (χ1v) is 9.23. The Morgan fingerprint density at radius 2 is 1.70 bits per heavy atom. The number of nitrogens with one attached hydrogen (secondary N) is 2. The SMILES string of the molecule is CCc1cccc(CC)c1NC(=O)c1ccc(NCc2ccccn2)cn1. The van der Waals surface area contributed by atoms with Gasteiger partial charge in [0.25, 0.3) is 5.91 Å². The van der Waals surface area contributed by atoms with Crippen LogP contribution in [0.1, 0.15) is 41.2 Å². The topological polar surface area (TPSA) is 66.9 Å². The van der Waals surface area contributed by atoms with E-state index in [0.29, 0.717) is 12.2 Å². The Balaban J connectivity index is 1.68. The van der Waals surface area contributed by atoms with Crippen LogP contribution in [0.15, 0.2) is 60.9 Å². The third kappa shape index (κ3) is 4.70. The standard InChI is InChI=1S/C22H24N4O/c1-3-16-8-7-9-17(4-2)21(16)26-22(27)20-12-11-19(15-25-20)24-14-18-10-5-6-13-23-18/h5-13,15,24H,3-4,14H2,1-2H3,(H,26,27). The highest BCUT2D eigenvalue weighted by molar-refractivity contribution is 6.03. The Bertz CT molecular complexity index is 870. The molecule has 0 atom stereocenters. The minimum absolute atomic E-state index is 0.193. The molecule has 0 aliphatic rings. The van der Waals surface area contributed by atoms with Crippen molar-refractivity contribution in [1.29, 1.82) is 0 Å². The van der Waals surface area contributed by atoms with Crippen molar-refractivity contribution >= 4 is 17.3 Å². The van der Waals surface area contributed by atoms with Crippen molar-refractivity contribution in [2.75, 3.05) is 10.6 Å². The molecule has 2 heterocycles. The van der Waals surface area contributed by atoms with Gasteiger partial charge >= 0.3 is 0 Å². The van der Waals surface area contributed by atoms with Gasteiger partial charge in [-0.05, 0) is 48.2 Å². The Morgan fingerprint density at radius 1 is 0.926 bits per heavy atom. The second kappa shape index (κ2) is 8.94. The number of rotatable bonds is 7. The first kappa shape index (κ1) is 18.6. The fourth-order valence-electron chi connectivity index (χ4n) is 2.91. The van der Waals surface area contributed by atoms with Crippen LogP contribution in [-0.2, 0) is 19.4 Å². The molecule has 0 saturated heterocycles. The molecule has 3 aromatic rings. The van der Waals surface area contributed by atoms with Gasteiger partial charge in [-0.15, -0.1) is 0 Å². The molecule has 0 radical (unpaired) electrons. The summed E-state index contributed by atoms with van der Waals surface area (Å²) in [5, 5.41) is 6.30. The predicted molar refractivity (Wildman–Crippen MR) is 109 cm³/mol. The summed E-state index contributed by atoms with van der Waals surface area (Å²) in [6, 6.07) is 15.5. The largest absolute Gasteiger partial charge is 0.378 e. The molecule has 0 bridgehead atoms. The molecule has 1 amide bonds. The number of hydrogen-bond donors (Lipinski definition) is 2. The average Bonchev–Trinajstić information content (AvgIpc) is 2.73. The molecule has 1 aromatic carbocycles. The van der Waals surface area contributed by atoms with Crippen molar-refractivity contribution in [3.05, 3.63) is 83.4 Å². The lowest BCUT2D eigenvalue weighted by Gasteiger charge is -2.14. The number of pyridine rings is 2. The van der Waals surface area contributed by atoms with Crippen LogP contribution in [0.25, 0.3) is 0 Å². The summed E-state index contributed by atoms with van der Waals surface area (Å²) < 4.78 is 0. The Kier molecular flexibility index (Phi) is 6.15. The van der Waals surface area contributed by atoms with Gasteiger partial charge in [0, 0.05) is 11.9 Å². The van der Waals surface area contributed by atoms with Gasteiger partial charge in [0.2, 0.25) is 0 Å². The summed E-state index contributed by atoms with van der Waals surface area (Å²) in [5.41, 5.74) is 5.37. The number of hydrogen-bond acceptors (Lipinski definition) is 4. The molecule has 2 N–H and O–H groups in total. The van der Waals surface area contributed by atoms with Crippen LogP contribution >= 0.6 is 0 Å². The maximum absolute atomic E-state index is 12.6. The van der Waals surface area contributed by atoms with Gasteiger partial charge < -0.3 is 10.6 Å². The lowest BCUT2D eigenvalue weighted by molar-refractivity contribution is 0.102. The van der Waals surface area contributed by atoms with E-state index in [-0.39, 0.29) is 5.91 Å². The van der Waals surface area contributed by atoms with Crippen molar-refractivity contribution in [1.82, 2.24) is 9.97 Å². The quantitative estimate of drug-likeness (QED) is 0.652. The van der Waals surface area contributed by atoms with E-state index >= 15 is 0 Å². The van der Waals surface area contributed by atoms with Gasteiger partial charge in [-0.1, -0.05) is 38.1 Å². The Morgan fingerprint density at radius 3 is 2.30 bits per heavy atom. The summed E-state index contributed by atoms with van der Waals surface area (Å²) in [6.45, 7) is 4.78. The molecule has 0 fully saturated rings. The third-order valence-electron chi connectivity index (χ3n) is 4.43. The minimum atomic E-state index is -0.193. The summed E-state index contributed by atoms with van der Waals surface area (Å²) in [6.07, 6.45) is 5.17. The van der Waals surface area contributed by atoms with E-state index in [9.17, 15) is 4.79 Å². The van der Waals surface area contributed by atoms with Crippen molar-refractivity contribution in [2.45, 2.75) is 33.2 Å². The first-order valence-electron chi connectivity index (χ1n) is 9.23. The zero-order valence-electron chi connectivity index (χ0n) is 15.7. The monoisotopic (exact) mass is 360 g/mol. The molecule has 0 unspecified atom stereocenters. The molecule has 5 heteroatoms. The second-order valence-corrected chi connectivity index (χ2v) is 6.22. The summed E-state index contributed by atoms with van der Waals surface area (Å²) in [7, 11) is 0. The van der Waals surface area contributed by atoms with E-state index in [0.717, 1.165) is 41.0 Å². The van der Waals surface area contributed by atoms with Crippen LogP contribution in [0.5, 0.6) is 0 Å². The number of aromatic nitrogens is 2. The van der Waals surface area contributed by atoms with Crippen LogP contribution in [0.3, 0.4) is 0 Å². The molecule has 2 aromatic heterocycles. The number of para-hydroxylation sites is 1. The van der Waals surface area contributed by atoms with Crippen LogP contribution < -0.4 is 10.6 Å². The molecule has 0 saturated carbocycles. The highest BCUT2D eigenvalue weighted by Crippen LogP contribution is 2.23. The third-order valence-corrected chi connectivity index (χ3v) is 4.43. The molecular formula is C22H24N4O. The van der Waals surface area contributed by atoms with Gasteiger partial charge in [0.15, 0.2) is 0 Å². The summed E-state index contributed by atoms with van der Waals surface area (Å²) >= 11 is 0. The van der Waals surface area contributed by atoms with E-state index in [2.05, 4.69) is 34.4 Å². The van der Waals surface area contributed by atoms with E-state index < -0.39 is 0 Å².